The van der Waals surface area contributed by atoms with Crippen molar-refractivity contribution in [2.75, 3.05) is 40.1 Å². The molecule has 0 spiro atoms. The van der Waals surface area contributed by atoms with Crippen LogP contribution in [0.2, 0.25) is 0 Å². The number of ether oxygens (including phenoxy) is 3. The number of rotatable bonds is 6. The van der Waals surface area contributed by atoms with E-state index in [9.17, 15) is 4.79 Å². The molecule has 6 heteroatoms. The van der Waals surface area contributed by atoms with Gasteiger partial charge in [0.1, 0.15) is 6.04 Å². The maximum Gasteiger partial charge on any atom is 0.323 e. The molecule has 1 fully saturated rings. The highest BCUT2D eigenvalue weighted by molar-refractivity contribution is 5.73. The van der Waals surface area contributed by atoms with Crippen molar-refractivity contribution in [3.63, 3.8) is 0 Å². The molecule has 2 N–H and O–H groups in total. The first kappa shape index (κ1) is 12.4. The topological polar surface area (TPSA) is 77.0 Å². The van der Waals surface area contributed by atoms with E-state index in [0.717, 1.165) is 0 Å². The predicted octanol–water partition coefficient (Wildman–Crippen LogP) is -0.909. The number of carboxylic acid groups (broad SMARTS) is 1. The Balaban J connectivity index is 2.22. The van der Waals surface area contributed by atoms with Gasteiger partial charge in [-0.1, -0.05) is 0 Å². The maximum atomic E-state index is 10.7. The fourth-order valence-corrected chi connectivity index (χ4v) is 1.31. The van der Waals surface area contributed by atoms with Crippen molar-refractivity contribution in [1.82, 2.24) is 5.32 Å². The van der Waals surface area contributed by atoms with Crippen LogP contribution in [0.3, 0.4) is 0 Å². The van der Waals surface area contributed by atoms with E-state index in [2.05, 4.69) is 5.32 Å². The van der Waals surface area contributed by atoms with Crippen molar-refractivity contribution in [1.29, 1.82) is 0 Å². The van der Waals surface area contributed by atoms with Gasteiger partial charge < -0.3 is 19.3 Å². The lowest BCUT2D eigenvalue weighted by Crippen LogP contribution is -2.46. The number of methoxy groups -OCH3 is 1. The molecule has 0 radical (unpaired) electrons. The average Bonchev–Trinajstić information content (AvgIpc) is 2.25. The van der Waals surface area contributed by atoms with Crippen molar-refractivity contribution in [2.24, 2.45) is 0 Å². The average molecular weight is 219 g/mol. The van der Waals surface area contributed by atoms with Gasteiger partial charge in [0.15, 0.2) is 0 Å². The van der Waals surface area contributed by atoms with Gasteiger partial charge >= 0.3 is 5.97 Å². The molecule has 0 amide bonds. The molecular formula is C9H17NO5. The van der Waals surface area contributed by atoms with Gasteiger partial charge in [0, 0.05) is 13.7 Å². The van der Waals surface area contributed by atoms with Gasteiger partial charge in [-0.05, 0) is 0 Å². The van der Waals surface area contributed by atoms with E-state index < -0.39 is 12.0 Å². The summed E-state index contributed by atoms with van der Waals surface area (Å²) in [6.45, 7) is 2.28. The lowest BCUT2D eigenvalue weighted by atomic mass is 10.3. The summed E-state index contributed by atoms with van der Waals surface area (Å²) in [6, 6.07) is -0.694. The Bertz CT molecular complexity index is 193. The van der Waals surface area contributed by atoms with E-state index in [-0.39, 0.29) is 12.7 Å². The minimum atomic E-state index is -0.923. The number of hydrogen-bond acceptors (Lipinski definition) is 5. The Morgan fingerprint density at radius 2 is 2.47 bits per heavy atom. The number of nitrogens with one attached hydrogen (secondary N) is 1. The van der Waals surface area contributed by atoms with Gasteiger partial charge in [-0.25, -0.2) is 0 Å². The van der Waals surface area contributed by atoms with Crippen LogP contribution >= 0.6 is 0 Å². The fourth-order valence-electron chi connectivity index (χ4n) is 1.31. The SMILES string of the molecule is COCC(NCC1COCCO1)C(=O)O. The number of carbonyl (C=O) groups is 1. The molecule has 1 heterocycles. The molecule has 88 valence electrons. The molecule has 0 aliphatic carbocycles. The van der Waals surface area contributed by atoms with Crippen LogP contribution in [-0.4, -0.2) is 63.3 Å². The summed E-state index contributed by atoms with van der Waals surface area (Å²) in [7, 11) is 1.47. The zero-order chi connectivity index (χ0) is 11.1. The lowest BCUT2D eigenvalue weighted by Gasteiger charge is -2.24. The van der Waals surface area contributed by atoms with Crippen molar-refractivity contribution < 1.29 is 24.1 Å². The third kappa shape index (κ3) is 4.57. The molecule has 1 saturated heterocycles. The summed E-state index contributed by atoms with van der Waals surface area (Å²) in [6.07, 6.45) is -0.0718. The Labute approximate surface area is 88.5 Å². The van der Waals surface area contributed by atoms with E-state index >= 15 is 0 Å². The van der Waals surface area contributed by atoms with E-state index in [1.54, 1.807) is 0 Å². The zero-order valence-electron chi connectivity index (χ0n) is 8.77. The molecule has 0 aromatic rings. The van der Waals surface area contributed by atoms with E-state index in [4.69, 9.17) is 19.3 Å². The summed E-state index contributed by atoms with van der Waals surface area (Å²) in [5.41, 5.74) is 0. The molecule has 6 nitrogen and oxygen atoms in total. The monoisotopic (exact) mass is 219 g/mol. The van der Waals surface area contributed by atoms with Crippen LogP contribution in [0.25, 0.3) is 0 Å². The van der Waals surface area contributed by atoms with Crippen LogP contribution < -0.4 is 5.32 Å². The first-order valence-corrected chi connectivity index (χ1v) is 4.88. The van der Waals surface area contributed by atoms with E-state index in [1.165, 1.54) is 7.11 Å². The standard InChI is InChI=1S/C9H17NO5/c1-13-6-8(9(11)12)10-4-7-5-14-2-3-15-7/h7-8,10H,2-6H2,1H3,(H,11,12). The maximum absolute atomic E-state index is 10.7. The van der Waals surface area contributed by atoms with E-state index in [0.29, 0.717) is 26.4 Å². The van der Waals surface area contributed by atoms with Crippen LogP contribution in [0, 0.1) is 0 Å². The second-order valence-corrected chi connectivity index (χ2v) is 3.32. The highest BCUT2D eigenvalue weighted by atomic mass is 16.6. The minimum Gasteiger partial charge on any atom is -0.480 e. The molecule has 0 aromatic carbocycles. The molecule has 0 saturated carbocycles. The first-order chi connectivity index (χ1) is 7.24. The van der Waals surface area contributed by atoms with Crippen molar-refractivity contribution >= 4 is 5.97 Å². The van der Waals surface area contributed by atoms with Gasteiger partial charge in [-0.2, -0.15) is 0 Å². The van der Waals surface area contributed by atoms with Gasteiger partial charge in [0.2, 0.25) is 0 Å². The second-order valence-electron chi connectivity index (χ2n) is 3.32. The molecular weight excluding hydrogens is 202 g/mol. The molecule has 2 atom stereocenters. The first-order valence-electron chi connectivity index (χ1n) is 4.88. The Hall–Kier alpha value is -0.690. The lowest BCUT2D eigenvalue weighted by molar-refractivity contribution is -0.141. The van der Waals surface area contributed by atoms with Crippen LogP contribution in [0.15, 0.2) is 0 Å². The van der Waals surface area contributed by atoms with Crippen LogP contribution in [0.1, 0.15) is 0 Å². The van der Waals surface area contributed by atoms with Crippen molar-refractivity contribution in [3.8, 4) is 0 Å². The summed E-state index contributed by atoms with van der Waals surface area (Å²) >= 11 is 0. The highest BCUT2D eigenvalue weighted by Crippen LogP contribution is 1.99. The van der Waals surface area contributed by atoms with E-state index in [1.807, 2.05) is 0 Å². The predicted molar refractivity (Wildman–Crippen MR) is 51.9 cm³/mol. The Morgan fingerprint density at radius 1 is 1.67 bits per heavy atom. The van der Waals surface area contributed by atoms with Gasteiger partial charge in [0.25, 0.3) is 0 Å². The van der Waals surface area contributed by atoms with Crippen LogP contribution in [0.4, 0.5) is 0 Å². The second kappa shape index (κ2) is 6.73. The third-order valence-corrected chi connectivity index (χ3v) is 2.11. The molecule has 1 rings (SSSR count). The number of hydrogen-bond donors (Lipinski definition) is 2. The highest BCUT2D eigenvalue weighted by Gasteiger charge is 2.20. The zero-order valence-corrected chi connectivity index (χ0v) is 8.77. The smallest absolute Gasteiger partial charge is 0.323 e. The largest absolute Gasteiger partial charge is 0.480 e. The van der Waals surface area contributed by atoms with Crippen LogP contribution in [-0.2, 0) is 19.0 Å². The molecule has 0 aromatic heterocycles. The number of carboxylic acids is 1. The third-order valence-electron chi connectivity index (χ3n) is 2.11. The summed E-state index contributed by atoms with van der Waals surface area (Å²) in [5.74, 6) is -0.923. The van der Waals surface area contributed by atoms with Crippen LogP contribution in [0.5, 0.6) is 0 Å². The van der Waals surface area contributed by atoms with Gasteiger partial charge in [-0.15, -0.1) is 0 Å². The molecule has 2 unspecified atom stereocenters. The van der Waals surface area contributed by atoms with Gasteiger partial charge in [-0.3, -0.25) is 10.1 Å². The molecule has 0 bridgehead atoms. The van der Waals surface area contributed by atoms with Crippen molar-refractivity contribution in [2.45, 2.75) is 12.1 Å². The van der Waals surface area contributed by atoms with Gasteiger partial charge in [0.05, 0.1) is 32.5 Å². The summed E-state index contributed by atoms with van der Waals surface area (Å²) in [4.78, 5) is 10.7. The minimum absolute atomic E-state index is 0.0718. The summed E-state index contributed by atoms with van der Waals surface area (Å²) < 4.78 is 15.3. The normalized spacial score (nSPS) is 23.7. The molecule has 15 heavy (non-hydrogen) atoms. The quantitative estimate of drug-likeness (QED) is 0.602. The molecule has 1 aliphatic heterocycles. The van der Waals surface area contributed by atoms with Crippen molar-refractivity contribution in [3.05, 3.63) is 0 Å². The Morgan fingerprint density at radius 3 is 3.00 bits per heavy atom. The fraction of sp³-hybridized carbons (Fsp3) is 0.889. The number of aliphatic carboxylic acids is 1. The molecule has 1 aliphatic rings. The Kier molecular flexibility index (Phi) is 5.56. The summed E-state index contributed by atoms with van der Waals surface area (Å²) in [5, 5.41) is 11.7.